The minimum Gasteiger partial charge on any atom is -0.388 e. The van der Waals surface area contributed by atoms with Gasteiger partial charge in [-0.25, -0.2) is 4.98 Å². The standard InChI is InChI=1S/C16H14N2OS.C2H6/c1-10-7-12(4-6-13(10)17-2)16-18-14-5-3-11(9-19)8-15(14)20-16;1-2/h3-9,17H,1-2H3;1-2H3. The molecule has 0 saturated carbocycles. The van der Waals surface area contributed by atoms with E-state index < -0.39 is 0 Å². The summed E-state index contributed by atoms with van der Waals surface area (Å²) >= 11 is 1.61. The Labute approximate surface area is 135 Å². The fourth-order valence-corrected chi connectivity index (χ4v) is 3.23. The molecule has 0 radical (unpaired) electrons. The number of fused-ring (bicyclic) bond motifs is 1. The third kappa shape index (κ3) is 3.17. The maximum absolute atomic E-state index is 10.8. The van der Waals surface area contributed by atoms with Gasteiger partial charge in [0.1, 0.15) is 11.3 Å². The zero-order chi connectivity index (χ0) is 16.1. The number of aromatic nitrogens is 1. The number of thiazole rings is 1. The van der Waals surface area contributed by atoms with E-state index in [1.165, 1.54) is 5.56 Å². The molecule has 22 heavy (non-hydrogen) atoms. The van der Waals surface area contributed by atoms with E-state index in [1.807, 2.05) is 33.0 Å². The molecule has 1 N–H and O–H groups in total. The zero-order valence-corrected chi connectivity index (χ0v) is 14.1. The molecule has 4 heteroatoms. The normalized spacial score (nSPS) is 10.0. The van der Waals surface area contributed by atoms with E-state index in [0.717, 1.165) is 32.8 Å². The molecule has 0 fully saturated rings. The van der Waals surface area contributed by atoms with Gasteiger partial charge in [-0.15, -0.1) is 11.3 Å². The minimum atomic E-state index is 0.689. The van der Waals surface area contributed by atoms with Gasteiger partial charge in [-0.3, -0.25) is 4.79 Å². The van der Waals surface area contributed by atoms with Crippen molar-refractivity contribution in [2.45, 2.75) is 20.8 Å². The SMILES string of the molecule is CC.CNc1ccc(-c2nc3ccc(C=O)cc3s2)cc1C. The molecule has 3 rings (SSSR count). The molecule has 3 nitrogen and oxygen atoms in total. The van der Waals surface area contributed by atoms with Crippen molar-refractivity contribution in [3.8, 4) is 10.6 Å². The van der Waals surface area contributed by atoms with Crippen molar-refractivity contribution >= 4 is 33.5 Å². The van der Waals surface area contributed by atoms with Crippen molar-refractivity contribution < 1.29 is 4.79 Å². The van der Waals surface area contributed by atoms with E-state index in [4.69, 9.17) is 0 Å². The molecule has 1 aromatic heterocycles. The Morgan fingerprint density at radius 1 is 1.14 bits per heavy atom. The number of aldehydes is 1. The van der Waals surface area contributed by atoms with Crippen molar-refractivity contribution in [2.75, 3.05) is 12.4 Å². The number of carbonyl (C=O) groups is 1. The van der Waals surface area contributed by atoms with E-state index in [0.29, 0.717) is 5.56 Å². The Hall–Kier alpha value is -2.20. The van der Waals surface area contributed by atoms with Crippen LogP contribution in [0.2, 0.25) is 0 Å². The van der Waals surface area contributed by atoms with E-state index in [9.17, 15) is 4.79 Å². The quantitative estimate of drug-likeness (QED) is 0.680. The summed E-state index contributed by atoms with van der Waals surface area (Å²) in [7, 11) is 1.92. The van der Waals surface area contributed by atoms with Crippen LogP contribution in [0.25, 0.3) is 20.8 Å². The molecule has 0 aliphatic rings. The van der Waals surface area contributed by atoms with Crippen LogP contribution in [-0.2, 0) is 0 Å². The van der Waals surface area contributed by atoms with E-state index in [2.05, 4.69) is 35.4 Å². The number of hydrogen-bond acceptors (Lipinski definition) is 4. The van der Waals surface area contributed by atoms with Gasteiger partial charge in [0.05, 0.1) is 10.2 Å². The molecule has 0 unspecified atom stereocenters. The second-order valence-corrected chi connectivity index (χ2v) is 5.67. The van der Waals surface area contributed by atoms with Gasteiger partial charge in [0, 0.05) is 23.9 Å². The highest BCUT2D eigenvalue weighted by Crippen LogP contribution is 2.32. The summed E-state index contributed by atoms with van der Waals surface area (Å²) in [5.41, 5.74) is 5.05. The molecule has 0 bridgehead atoms. The van der Waals surface area contributed by atoms with Crippen molar-refractivity contribution in [1.82, 2.24) is 4.98 Å². The fourth-order valence-electron chi connectivity index (χ4n) is 2.22. The summed E-state index contributed by atoms with van der Waals surface area (Å²) in [6, 6.07) is 11.8. The smallest absolute Gasteiger partial charge is 0.150 e. The summed E-state index contributed by atoms with van der Waals surface area (Å²) in [4.78, 5) is 15.5. The molecular formula is C18H20N2OS. The average molecular weight is 312 g/mol. The molecular weight excluding hydrogens is 292 g/mol. The predicted octanol–water partition coefficient (Wildman–Crippen LogP) is 5.15. The molecule has 114 valence electrons. The van der Waals surface area contributed by atoms with Crippen LogP contribution < -0.4 is 5.32 Å². The summed E-state index contributed by atoms with van der Waals surface area (Å²) in [6.45, 7) is 6.08. The molecule has 3 aromatic rings. The molecule has 0 aliphatic carbocycles. The van der Waals surface area contributed by atoms with Crippen molar-refractivity contribution in [3.05, 3.63) is 47.5 Å². The Kier molecular flexibility index (Phi) is 5.28. The average Bonchev–Trinajstić information content (AvgIpc) is 2.99. The van der Waals surface area contributed by atoms with Crippen LogP contribution in [0, 0.1) is 6.92 Å². The summed E-state index contributed by atoms with van der Waals surface area (Å²) < 4.78 is 1.04. The third-order valence-corrected chi connectivity index (χ3v) is 4.36. The second kappa shape index (κ2) is 7.18. The number of carbonyl (C=O) groups excluding carboxylic acids is 1. The Morgan fingerprint density at radius 3 is 2.55 bits per heavy atom. The Morgan fingerprint density at radius 2 is 1.91 bits per heavy atom. The highest BCUT2D eigenvalue weighted by atomic mass is 32.1. The first-order valence-electron chi connectivity index (χ1n) is 7.36. The van der Waals surface area contributed by atoms with Gasteiger partial charge in [-0.05, 0) is 48.9 Å². The number of benzene rings is 2. The first kappa shape index (κ1) is 16.2. The summed E-state index contributed by atoms with van der Waals surface area (Å²) in [6.07, 6.45) is 0.866. The van der Waals surface area contributed by atoms with Crippen molar-refractivity contribution in [1.29, 1.82) is 0 Å². The number of nitrogens with zero attached hydrogens (tertiary/aromatic N) is 1. The highest BCUT2D eigenvalue weighted by molar-refractivity contribution is 7.21. The fraction of sp³-hybridized carbons (Fsp3) is 0.222. The number of nitrogens with one attached hydrogen (secondary N) is 1. The van der Waals surface area contributed by atoms with Gasteiger partial charge in [0.2, 0.25) is 0 Å². The lowest BCUT2D eigenvalue weighted by molar-refractivity contribution is 0.112. The largest absolute Gasteiger partial charge is 0.388 e. The maximum Gasteiger partial charge on any atom is 0.150 e. The monoisotopic (exact) mass is 312 g/mol. The lowest BCUT2D eigenvalue weighted by Gasteiger charge is -2.05. The summed E-state index contributed by atoms with van der Waals surface area (Å²) in [5, 5.41) is 4.14. The van der Waals surface area contributed by atoms with Crippen LogP contribution in [0.15, 0.2) is 36.4 Å². The van der Waals surface area contributed by atoms with Gasteiger partial charge in [-0.1, -0.05) is 13.8 Å². The molecule has 2 aromatic carbocycles. The van der Waals surface area contributed by atoms with Crippen molar-refractivity contribution in [3.63, 3.8) is 0 Å². The molecule has 0 spiro atoms. The van der Waals surface area contributed by atoms with Crippen LogP contribution in [0.5, 0.6) is 0 Å². The Balaban J connectivity index is 0.000000847. The molecule has 0 atom stereocenters. The predicted molar refractivity (Wildman–Crippen MR) is 96.1 cm³/mol. The van der Waals surface area contributed by atoms with Crippen LogP contribution in [0.4, 0.5) is 5.69 Å². The number of hydrogen-bond donors (Lipinski definition) is 1. The van der Waals surface area contributed by atoms with Crippen molar-refractivity contribution in [2.24, 2.45) is 0 Å². The third-order valence-electron chi connectivity index (χ3n) is 3.29. The van der Waals surface area contributed by atoms with Gasteiger partial charge < -0.3 is 5.32 Å². The highest BCUT2D eigenvalue weighted by Gasteiger charge is 2.08. The first-order chi connectivity index (χ1) is 10.7. The lowest BCUT2D eigenvalue weighted by Crippen LogP contribution is -1.91. The number of rotatable bonds is 3. The molecule has 0 amide bonds. The minimum absolute atomic E-state index is 0.689. The van der Waals surface area contributed by atoms with Crippen LogP contribution >= 0.6 is 11.3 Å². The number of aryl methyl sites for hydroxylation is 1. The first-order valence-corrected chi connectivity index (χ1v) is 8.17. The summed E-state index contributed by atoms with van der Waals surface area (Å²) in [5.74, 6) is 0. The zero-order valence-electron chi connectivity index (χ0n) is 13.3. The van der Waals surface area contributed by atoms with Gasteiger partial charge >= 0.3 is 0 Å². The second-order valence-electron chi connectivity index (χ2n) is 4.64. The lowest BCUT2D eigenvalue weighted by atomic mass is 10.1. The molecule has 0 saturated heterocycles. The van der Waals surface area contributed by atoms with Crippen LogP contribution in [0.1, 0.15) is 29.8 Å². The topological polar surface area (TPSA) is 42.0 Å². The number of anilines is 1. The Bertz CT molecular complexity index is 793. The van der Waals surface area contributed by atoms with E-state index >= 15 is 0 Å². The van der Waals surface area contributed by atoms with Crippen LogP contribution in [-0.4, -0.2) is 18.3 Å². The molecule has 1 heterocycles. The van der Waals surface area contributed by atoms with E-state index in [1.54, 1.807) is 17.4 Å². The van der Waals surface area contributed by atoms with Gasteiger partial charge in [0.15, 0.2) is 0 Å². The van der Waals surface area contributed by atoms with E-state index in [-0.39, 0.29) is 0 Å². The van der Waals surface area contributed by atoms with Gasteiger partial charge in [0.25, 0.3) is 0 Å². The maximum atomic E-state index is 10.8. The van der Waals surface area contributed by atoms with Gasteiger partial charge in [-0.2, -0.15) is 0 Å². The van der Waals surface area contributed by atoms with Crippen LogP contribution in [0.3, 0.4) is 0 Å². The molecule has 0 aliphatic heterocycles.